The Morgan fingerprint density at radius 1 is 1.75 bits per heavy atom. The molecule has 0 spiro atoms. The summed E-state index contributed by atoms with van der Waals surface area (Å²) in [6, 6.07) is 0. The highest BCUT2D eigenvalue weighted by molar-refractivity contribution is 6.17. The van der Waals surface area contributed by atoms with Crippen LogP contribution in [0.5, 0.6) is 0 Å². The summed E-state index contributed by atoms with van der Waals surface area (Å²) in [7, 11) is 0. The van der Waals surface area contributed by atoms with E-state index >= 15 is 0 Å². The Morgan fingerprint density at radius 3 is 1.75 bits per heavy atom. The van der Waals surface area contributed by atoms with Gasteiger partial charge in [-0.3, -0.25) is 0 Å². The highest BCUT2D eigenvalue weighted by Crippen LogP contribution is 1.59. The third-order valence-corrected chi connectivity index (χ3v) is 0. The molecule has 0 saturated heterocycles. The first-order valence-corrected chi connectivity index (χ1v) is 1.51. The minimum Gasteiger partial charge on any atom is -0.127 e. The van der Waals surface area contributed by atoms with E-state index in [0.29, 0.717) is 0 Å². The lowest BCUT2D eigenvalue weighted by atomic mass is 11.0. The quantitative estimate of drug-likeness (QED) is 0.294. The molecule has 0 bridgehead atoms. The van der Waals surface area contributed by atoms with Crippen LogP contribution in [0.15, 0.2) is 0 Å². The molecule has 0 atom stereocenters. The van der Waals surface area contributed by atoms with Gasteiger partial charge in [-0.15, -0.1) is 11.6 Å². The van der Waals surface area contributed by atoms with Gasteiger partial charge < -0.3 is 0 Å². The fourth-order valence-electron chi connectivity index (χ4n) is 0. The van der Waals surface area contributed by atoms with Crippen LogP contribution in [0.3, 0.4) is 0 Å². The SMILES string of the molecule is CCCl.[AlH3]. The van der Waals surface area contributed by atoms with E-state index in [2.05, 4.69) is 0 Å². The second-order valence-corrected chi connectivity index (χ2v) is 0.802. The van der Waals surface area contributed by atoms with E-state index in [1.807, 2.05) is 6.92 Å². The number of hydrogen-bond acceptors (Lipinski definition) is 0. The third kappa shape index (κ3) is 13.9. The van der Waals surface area contributed by atoms with Crippen LogP contribution < -0.4 is 0 Å². The van der Waals surface area contributed by atoms with Crippen molar-refractivity contribution in [2.45, 2.75) is 6.92 Å². The Bertz CT molecular complexity index is 6.00. The van der Waals surface area contributed by atoms with Gasteiger partial charge in [-0.05, 0) is 0 Å². The Balaban J connectivity index is 0. The molecule has 0 amide bonds. The van der Waals surface area contributed by atoms with Crippen molar-refractivity contribution in [1.29, 1.82) is 0 Å². The largest absolute Gasteiger partial charge is 0.187 e. The minimum absolute atomic E-state index is 0. The summed E-state index contributed by atoms with van der Waals surface area (Å²) >= 11 is 5.00. The van der Waals surface area contributed by atoms with Crippen LogP contribution in [0.4, 0.5) is 0 Å². The summed E-state index contributed by atoms with van der Waals surface area (Å²) in [5, 5.41) is 0. The number of halogens is 1. The zero-order chi connectivity index (χ0) is 2.71. The molecule has 0 aromatic rings. The first-order valence-electron chi connectivity index (χ1n) is 0.974. The summed E-state index contributed by atoms with van der Waals surface area (Å²) in [5.74, 6) is 0.722. The van der Waals surface area contributed by atoms with Gasteiger partial charge in [-0.25, -0.2) is 0 Å². The predicted octanol–water partition coefficient (Wildman–Crippen LogP) is 0.0612. The van der Waals surface area contributed by atoms with Gasteiger partial charge in [-0.2, -0.15) is 0 Å². The molecular weight excluding hydrogens is 86.5 g/mol. The maximum absolute atomic E-state index is 5.00. The van der Waals surface area contributed by atoms with Crippen LogP contribution >= 0.6 is 11.6 Å². The van der Waals surface area contributed by atoms with Crippen LogP contribution in [-0.4, -0.2) is 23.2 Å². The summed E-state index contributed by atoms with van der Waals surface area (Å²) in [6.45, 7) is 1.89. The Labute approximate surface area is 42.3 Å². The molecule has 0 saturated carbocycles. The van der Waals surface area contributed by atoms with Gasteiger partial charge in [0.1, 0.15) is 0 Å². The molecule has 0 N–H and O–H groups in total. The zero-order valence-electron chi connectivity index (χ0n) is 2.09. The van der Waals surface area contributed by atoms with Crippen LogP contribution in [0.2, 0.25) is 0 Å². The molecule has 0 aromatic heterocycles. The van der Waals surface area contributed by atoms with Gasteiger partial charge >= 0.3 is 0 Å². The average Bonchev–Trinajstić information content (AvgIpc) is 0.918. The fraction of sp³-hybridized carbons (Fsp3) is 1.00. The average molecular weight is 94.5 g/mol. The van der Waals surface area contributed by atoms with Crippen molar-refractivity contribution in [3.8, 4) is 0 Å². The second-order valence-electron chi connectivity index (χ2n) is 0.267. The molecule has 0 heterocycles. The lowest BCUT2D eigenvalue weighted by molar-refractivity contribution is 1.51. The van der Waals surface area contributed by atoms with Gasteiger partial charge in [0.25, 0.3) is 0 Å². The first-order chi connectivity index (χ1) is 1.41. The fourth-order valence-corrected chi connectivity index (χ4v) is 0. The lowest BCUT2D eigenvalue weighted by Crippen LogP contribution is -1.36. The summed E-state index contributed by atoms with van der Waals surface area (Å²) < 4.78 is 0. The van der Waals surface area contributed by atoms with E-state index in [0.717, 1.165) is 5.88 Å². The first kappa shape index (κ1) is 8.85. The molecular formula is C2H8AlCl. The van der Waals surface area contributed by atoms with Crippen molar-refractivity contribution in [2.24, 2.45) is 0 Å². The molecule has 0 aromatic carbocycles. The van der Waals surface area contributed by atoms with Crippen LogP contribution in [0, 0.1) is 0 Å². The molecule has 0 radical (unpaired) electrons. The van der Waals surface area contributed by atoms with Crippen molar-refractivity contribution in [3.05, 3.63) is 0 Å². The van der Waals surface area contributed by atoms with E-state index in [-0.39, 0.29) is 17.4 Å². The molecule has 0 fully saturated rings. The number of alkyl halides is 1. The maximum atomic E-state index is 5.00. The van der Waals surface area contributed by atoms with Gasteiger partial charge in [0.2, 0.25) is 0 Å². The monoisotopic (exact) mass is 94.0 g/mol. The maximum Gasteiger partial charge on any atom is 0.187 e. The van der Waals surface area contributed by atoms with Crippen molar-refractivity contribution in [2.75, 3.05) is 5.88 Å². The van der Waals surface area contributed by atoms with Gasteiger partial charge in [0.05, 0.1) is 0 Å². The molecule has 0 aliphatic rings. The Morgan fingerprint density at radius 2 is 1.75 bits per heavy atom. The smallest absolute Gasteiger partial charge is 0.127 e. The molecule has 0 nitrogen and oxygen atoms in total. The molecule has 4 heavy (non-hydrogen) atoms. The normalized spacial score (nSPS) is 4.50. The highest BCUT2D eigenvalue weighted by atomic mass is 35.5. The van der Waals surface area contributed by atoms with Crippen LogP contribution in [0.25, 0.3) is 0 Å². The predicted molar refractivity (Wildman–Crippen MR) is 26.3 cm³/mol. The second kappa shape index (κ2) is 9.17. The van der Waals surface area contributed by atoms with Crippen LogP contribution in [-0.2, 0) is 0 Å². The van der Waals surface area contributed by atoms with Crippen molar-refractivity contribution >= 4 is 29.0 Å². The number of rotatable bonds is 0. The van der Waals surface area contributed by atoms with Crippen LogP contribution in [0.1, 0.15) is 6.92 Å². The van der Waals surface area contributed by atoms with Crippen molar-refractivity contribution in [1.82, 2.24) is 0 Å². The Kier molecular flexibility index (Phi) is 20.3. The highest BCUT2D eigenvalue weighted by Gasteiger charge is 1.38. The standard InChI is InChI=1S/C2H5Cl.Al.3H/c1-2-3;;;;/h2H2,1H3;;;;. The number of hydrogen-bond donors (Lipinski definition) is 0. The Hall–Kier alpha value is 0.822. The molecule has 26 valence electrons. The van der Waals surface area contributed by atoms with Gasteiger partial charge in [-0.1, -0.05) is 6.92 Å². The zero-order valence-corrected chi connectivity index (χ0v) is 2.84. The van der Waals surface area contributed by atoms with Gasteiger partial charge in [0, 0.05) is 5.88 Å². The summed E-state index contributed by atoms with van der Waals surface area (Å²) in [6.07, 6.45) is 0. The molecule has 0 aliphatic heterocycles. The summed E-state index contributed by atoms with van der Waals surface area (Å²) in [5.41, 5.74) is 0. The molecule has 0 aliphatic carbocycles. The molecule has 0 unspecified atom stereocenters. The topological polar surface area (TPSA) is 0 Å². The van der Waals surface area contributed by atoms with E-state index in [1.54, 1.807) is 0 Å². The minimum atomic E-state index is 0. The van der Waals surface area contributed by atoms with Crippen molar-refractivity contribution < 1.29 is 0 Å². The van der Waals surface area contributed by atoms with E-state index < -0.39 is 0 Å². The van der Waals surface area contributed by atoms with Crippen molar-refractivity contribution in [3.63, 3.8) is 0 Å². The van der Waals surface area contributed by atoms with Gasteiger partial charge in [0.15, 0.2) is 17.4 Å². The third-order valence-electron chi connectivity index (χ3n) is 0. The van der Waals surface area contributed by atoms with E-state index in [4.69, 9.17) is 11.6 Å². The van der Waals surface area contributed by atoms with E-state index in [9.17, 15) is 0 Å². The molecule has 0 rings (SSSR count). The lowest BCUT2D eigenvalue weighted by Gasteiger charge is -1.45. The van der Waals surface area contributed by atoms with E-state index in [1.165, 1.54) is 0 Å². The summed E-state index contributed by atoms with van der Waals surface area (Å²) in [4.78, 5) is 0. The molecule has 2 heteroatoms.